The Bertz CT molecular complexity index is 994. The van der Waals surface area contributed by atoms with Crippen molar-refractivity contribution in [1.82, 2.24) is 20.1 Å². The van der Waals surface area contributed by atoms with Crippen LogP contribution in [0.15, 0.2) is 57.7 Å². The summed E-state index contributed by atoms with van der Waals surface area (Å²) in [6, 6.07) is 11.6. The number of aromatic nitrogens is 4. The molecule has 1 aliphatic heterocycles. The smallest absolute Gasteiger partial charge is 0.238 e. The third kappa shape index (κ3) is 2.71. The van der Waals surface area contributed by atoms with Crippen LogP contribution in [0.25, 0.3) is 22.6 Å². The lowest BCUT2D eigenvalue weighted by Gasteiger charge is -2.30. The lowest BCUT2D eigenvalue weighted by molar-refractivity contribution is 0.332. The molecule has 3 aromatic heterocycles. The molecule has 5 rings (SSSR count). The first kappa shape index (κ1) is 15.1. The van der Waals surface area contributed by atoms with Gasteiger partial charge in [0.1, 0.15) is 5.58 Å². The van der Waals surface area contributed by atoms with Crippen molar-refractivity contribution < 1.29 is 8.94 Å². The van der Waals surface area contributed by atoms with Crippen LogP contribution < -0.4 is 4.90 Å². The van der Waals surface area contributed by atoms with Crippen LogP contribution in [0.5, 0.6) is 0 Å². The van der Waals surface area contributed by atoms with Crippen molar-refractivity contribution in [2.75, 3.05) is 18.0 Å². The summed E-state index contributed by atoms with van der Waals surface area (Å²) < 4.78 is 11.4. The first-order chi connectivity index (χ1) is 12.9. The number of anilines is 1. The van der Waals surface area contributed by atoms with Gasteiger partial charge in [-0.1, -0.05) is 23.4 Å². The van der Waals surface area contributed by atoms with E-state index in [0.717, 1.165) is 42.8 Å². The van der Waals surface area contributed by atoms with Crippen LogP contribution in [-0.2, 0) is 0 Å². The molecule has 1 aromatic carbocycles. The molecule has 1 fully saturated rings. The number of furan rings is 1. The Kier molecular flexibility index (Phi) is 3.62. The molecule has 7 heteroatoms. The molecule has 1 saturated heterocycles. The number of benzene rings is 1. The Morgan fingerprint density at radius 3 is 2.85 bits per heavy atom. The monoisotopic (exact) mass is 347 g/mol. The maximum atomic E-state index is 5.83. The van der Waals surface area contributed by atoms with Gasteiger partial charge < -0.3 is 13.8 Å². The van der Waals surface area contributed by atoms with Gasteiger partial charge in [0.05, 0.1) is 5.92 Å². The van der Waals surface area contributed by atoms with E-state index in [1.165, 1.54) is 0 Å². The molecule has 0 unspecified atom stereocenters. The zero-order chi connectivity index (χ0) is 17.3. The molecule has 1 aliphatic rings. The predicted molar refractivity (Wildman–Crippen MR) is 95.7 cm³/mol. The lowest BCUT2D eigenvalue weighted by atomic mass is 9.98. The van der Waals surface area contributed by atoms with Crippen LogP contribution in [0.4, 0.5) is 5.95 Å². The van der Waals surface area contributed by atoms with Crippen LogP contribution in [0.1, 0.15) is 24.7 Å². The van der Waals surface area contributed by atoms with Crippen molar-refractivity contribution in [1.29, 1.82) is 0 Å². The Morgan fingerprint density at radius 2 is 1.96 bits per heavy atom. The highest BCUT2D eigenvalue weighted by atomic mass is 16.5. The molecule has 0 aliphatic carbocycles. The number of hydrogen-bond donors (Lipinski definition) is 0. The molecule has 0 radical (unpaired) electrons. The summed E-state index contributed by atoms with van der Waals surface area (Å²) in [6.07, 6.45) is 5.56. The van der Waals surface area contributed by atoms with Gasteiger partial charge in [0.25, 0.3) is 0 Å². The maximum Gasteiger partial charge on any atom is 0.238 e. The molecule has 0 amide bonds. The highest BCUT2D eigenvalue weighted by molar-refractivity contribution is 5.81. The molecular formula is C19H17N5O2. The van der Waals surface area contributed by atoms with Crippen molar-refractivity contribution in [3.8, 4) is 11.6 Å². The van der Waals surface area contributed by atoms with E-state index in [4.69, 9.17) is 8.94 Å². The number of rotatable bonds is 3. The number of para-hydroxylation sites is 1. The van der Waals surface area contributed by atoms with Crippen molar-refractivity contribution >= 4 is 16.9 Å². The molecule has 0 N–H and O–H groups in total. The highest BCUT2D eigenvalue weighted by Crippen LogP contribution is 2.30. The molecule has 4 heterocycles. The summed E-state index contributed by atoms with van der Waals surface area (Å²) in [5.74, 6) is 2.66. The fourth-order valence-electron chi connectivity index (χ4n) is 3.41. The van der Waals surface area contributed by atoms with E-state index in [2.05, 4.69) is 25.0 Å². The first-order valence-corrected chi connectivity index (χ1v) is 8.71. The molecule has 130 valence electrons. The molecule has 0 bridgehead atoms. The number of fused-ring (bicyclic) bond motifs is 1. The van der Waals surface area contributed by atoms with Crippen LogP contribution in [0, 0.1) is 0 Å². The van der Waals surface area contributed by atoms with E-state index in [-0.39, 0.29) is 5.92 Å². The fraction of sp³-hybridized carbons (Fsp3) is 0.263. The van der Waals surface area contributed by atoms with E-state index in [9.17, 15) is 0 Å². The first-order valence-electron chi connectivity index (χ1n) is 8.71. The average Bonchev–Trinajstić information content (AvgIpc) is 3.36. The van der Waals surface area contributed by atoms with Crippen molar-refractivity contribution in [3.05, 3.63) is 54.7 Å². The normalized spacial score (nSPS) is 17.7. The minimum atomic E-state index is 0.165. The van der Waals surface area contributed by atoms with E-state index in [1.807, 2.05) is 36.4 Å². The van der Waals surface area contributed by atoms with Gasteiger partial charge in [0, 0.05) is 30.9 Å². The zero-order valence-electron chi connectivity index (χ0n) is 14.1. The van der Waals surface area contributed by atoms with Gasteiger partial charge in [0.15, 0.2) is 5.76 Å². The van der Waals surface area contributed by atoms with Crippen molar-refractivity contribution in [2.45, 2.75) is 18.8 Å². The summed E-state index contributed by atoms with van der Waals surface area (Å²) in [4.78, 5) is 15.4. The van der Waals surface area contributed by atoms with Crippen LogP contribution in [0.2, 0.25) is 0 Å². The van der Waals surface area contributed by atoms with Gasteiger partial charge in [-0.05, 0) is 31.0 Å². The fourth-order valence-corrected chi connectivity index (χ4v) is 3.41. The number of piperidine rings is 1. The van der Waals surface area contributed by atoms with Gasteiger partial charge in [-0.3, -0.25) is 0 Å². The van der Waals surface area contributed by atoms with E-state index >= 15 is 0 Å². The summed E-state index contributed by atoms with van der Waals surface area (Å²) >= 11 is 0. The minimum Gasteiger partial charge on any atom is -0.453 e. The SMILES string of the molecule is c1cnc(N2CCC[C@@H](c3nc(-c4cc5ccccc5o4)no3)C2)nc1. The van der Waals surface area contributed by atoms with Crippen molar-refractivity contribution in [2.24, 2.45) is 0 Å². The van der Waals surface area contributed by atoms with Crippen LogP contribution in [-0.4, -0.2) is 33.2 Å². The van der Waals surface area contributed by atoms with Gasteiger partial charge in [-0.25, -0.2) is 9.97 Å². The molecule has 0 spiro atoms. The third-order valence-corrected chi connectivity index (χ3v) is 4.69. The van der Waals surface area contributed by atoms with Crippen molar-refractivity contribution in [3.63, 3.8) is 0 Å². The second-order valence-electron chi connectivity index (χ2n) is 6.44. The summed E-state index contributed by atoms with van der Waals surface area (Å²) in [5, 5.41) is 5.15. The Morgan fingerprint density at radius 1 is 1.08 bits per heavy atom. The Hall–Kier alpha value is -3.22. The summed E-state index contributed by atoms with van der Waals surface area (Å²) in [5.41, 5.74) is 0.818. The average molecular weight is 347 g/mol. The highest BCUT2D eigenvalue weighted by Gasteiger charge is 2.28. The maximum absolute atomic E-state index is 5.83. The number of hydrogen-bond acceptors (Lipinski definition) is 7. The van der Waals surface area contributed by atoms with Gasteiger partial charge >= 0.3 is 0 Å². The quantitative estimate of drug-likeness (QED) is 0.559. The Balaban J connectivity index is 1.39. The topological polar surface area (TPSA) is 81.1 Å². The van der Waals surface area contributed by atoms with Gasteiger partial charge in [-0.15, -0.1) is 0 Å². The van der Waals surface area contributed by atoms with Gasteiger partial charge in [-0.2, -0.15) is 4.98 Å². The van der Waals surface area contributed by atoms with Gasteiger partial charge in [0.2, 0.25) is 17.7 Å². The standard InChI is InChI=1S/C19H17N5O2/c1-2-7-15-13(5-1)11-16(25-15)17-22-18(26-23-17)14-6-3-10-24(12-14)19-20-8-4-9-21-19/h1-2,4-5,7-9,11,14H,3,6,10,12H2/t14-/m1/s1. The largest absolute Gasteiger partial charge is 0.453 e. The van der Waals surface area contributed by atoms with Crippen LogP contribution in [0.3, 0.4) is 0 Å². The lowest BCUT2D eigenvalue weighted by Crippen LogP contribution is -2.35. The van der Waals surface area contributed by atoms with E-state index < -0.39 is 0 Å². The second-order valence-corrected chi connectivity index (χ2v) is 6.44. The Labute approximate surface area is 149 Å². The predicted octanol–water partition coefficient (Wildman–Crippen LogP) is 3.66. The zero-order valence-corrected chi connectivity index (χ0v) is 14.1. The summed E-state index contributed by atoms with van der Waals surface area (Å²) in [7, 11) is 0. The molecule has 0 saturated carbocycles. The molecule has 7 nitrogen and oxygen atoms in total. The minimum absolute atomic E-state index is 0.165. The summed E-state index contributed by atoms with van der Waals surface area (Å²) in [6.45, 7) is 1.71. The van der Waals surface area contributed by atoms with E-state index in [0.29, 0.717) is 17.5 Å². The number of nitrogens with zero attached hydrogens (tertiary/aromatic N) is 5. The third-order valence-electron chi connectivity index (χ3n) is 4.69. The molecule has 26 heavy (non-hydrogen) atoms. The van der Waals surface area contributed by atoms with Crippen LogP contribution >= 0.6 is 0 Å². The molecular weight excluding hydrogens is 330 g/mol. The molecule has 1 atom stereocenters. The molecule has 4 aromatic rings. The second kappa shape index (κ2) is 6.25. The van der Waals surface area contributed by atoms with E-state index in [1.54, 1.807) is 12.4 Å².